The van der Waals surface area contributed by atoms with E-state index in [0.717, 1.165) is 0 Å². The summed E-state index contributed by atoms with van der Waals surface area (Å²) < 4.78 is 0. The van der Waals surface area contributed by atoms with Crippen molar-refractivity contribution in [3.8, 4) is 0 Å². The zero-order valence-electron chi connectivity index (χ0n) is 9.41. The van der Waals surface area contributed by atoms with Gasteiger partial charge in [0, 0.05) is 0 Å². The Kier molecular flexibility index (Phi) is 4.33. The standard InChI is InChI=1S/C12H18.Os.2H/c1-7-8(2)10(4)12(6)11(5)9(7)3;;;/h1-6H3;;;. The summed E-state index contributed by atoms with van der Waals surface area (Å²) in [5, 5.41) is 0. The fourth-order valence-electron chi connectivity index (χ4n) is 1.69. The van der Waals surface area contributed by atoms with Crippen molar-refractivity contribution in [2.24, 2.45) is 0 Å². The fraction of sp³-hybridized carbons (Fsp3) is 0.500. The zero-order valence-corrected chi connectivity index (χ0v) is 12.3. The van der Waals surface area contributed by atoms with Crippen LogP contribution in [0.1, 0.15) is 33.4 Å². The van der Waals surface area contributed by atoms with Crippen LogP contribution >= 0.6 is 0 Å². The summed E-state index contributed by atoms with van der Waals surface area (Å²) >= 11 is 0. The molecule has 0 unspecified atom stereocenters. The van der Waals surface area contributed by atoms with Gasteiger partial charge in [-0.15, -0.1) is 0 Å². The summed E-state index contributed by atoms with van der Waals surface area (Å²) in [6, 6.07) is 0. The van der Waals surface area contributed by atoms with Gasteiger partial charge < -0.3 is 0 Å². The average Bonchev–Trinajstić information content (AvgIpc) is 2.08. The van der Waals surface area contributed by atoms with Crippen molar-refractivity contribution in [3.63, 3.8) is 0 Å². The van der Waals surface area contributed by atoms with E-state index in [2.05, 4.69) is 41.5 Å². The van der Waals surface area contributed by atoms with Crippen LogP contribution in [0.25, 0.3) is 0 Å². The molecule has 0 amide bonds. The first kappa shape index (κ1) is 12.9. The monoisotopic (exact) mass is 356 g/mol. The molecule has 0 saturated carbocycles. The van der Waals surface area contributed by atoms with Crippen LogP contribution in [0.4, 0.5) is 0 Å². The van der Waals surface area contributed by atoms with Gasteiger partial charge in [0.1, 0.15) is 0 Å². The van der Waals surface area contributed by atoms with Crippen molar-refractivity contribution in [2.75, 3.05) is 0 Å². The van der Waals surface area contributed by atoms with E-state index in [0.29, 0.717) is 0 Å². The molecule has 0 N–H and O–H groups in total. The van der Waals surface area contributed by atoms with Crippen molar-refractivity contribution in [2.45, 2.75) is 41.5 Å². The first-order valence-corrected chi connectivity index (χ1v) is 4.50. The molecular formula is C12H20Os. The SMILES string of the molecule is Cc1c(C)c(C)c(C)c(C)c1C.[OsH2]. The molecule has 0 heterocycles. The van der Waals surface area contributed by atoms with Gasteiger partial charge in [-0.3, -0.25) is 0 Å². The Labute approximate surface area is 94.8 Å². The molecule has 0 bridgehead atoms. The van der Waals surface area contributed by atoms with Crippen LogP contribution in [0.3, 0.4) is 0 Å². The van der Waals surface area contributed by atoms with Crippen molar-refractivity contribution in [3.05, 3.63) is 33.4 Å². The van der Waals surface area contributed by atoms with Crippen molar-refractivity contribution >= 4 is 0 Å². The van der Waals surface area contributed by atoms with E-state index in [1.807, 2.05) is 0 Å². The number of hydrogen-bond acceptors (Lipinski definition) is 0. The maximum atomic E-state index is 2.21. The molecule has 0 aliphatic carbocycles. The molecular weight excluding hydrogens is 334 g/mol. The maximum absolute atomic E-state index is 2.21. The first-order chi connectivity index (χ1) is 5.46. The molecule has 1 heteroatoms. The van der Waals surface area contributed by atoms with Gasteiger partial charge in [-0.25, -0.2) is 0 Å². The van der Waals surface area contributed by atoms with Crippen LogP contribution in [0, 0.1) is 41.5 Å². The molecule has 0 fully saturated rings. The van der Waals surface area contributed by atoms with Crippen LogP contribution in [0.5, 0.6) is 0 Å². The molecule has 1 rings (SSSR count). The Hall–Kier alpha value is -0.144. The van der Waals surface area contributed by atoms with Crippen LogP contribution in [0.2, 0.25) is 0 Å². The second-order valence-corrected chi connectivity index (χ2v) is 3.75. The topological polar surface area (TPSA) is 0 Å². The quantitative estimate of drug-likeness (QED) is 0.672. The second-order valence-electron chi connectivity index (χ2n) is 3.75. The summed E-state index contributed by atoms with van der Waals surface area (Å²) in [7, 11) is 0. The van der Waals surface area contributed by atoms with E-state index in [-0.39, 0.29) is 19.8 Å². The summed E-state index contributed by atoms with van der Waals surface area (Å²) in [5.41, 5.74) is 8.73. The molecule has 76 valence electrons. The molecule has 0 radical (unpaired) electrons. The Morgan fingerprint density at radius 2 is 0.462 bits per heavy atom. The van der Waals surface area contributed by atoms with E-state index in [4.69, 9.17) is 0 Å². The molecule has 0 atom stereocenters. The van der Waals surface area contributed by atoms with E-state index >= 15 is 0 Å². The average molecular weight is 355 g/mol. The summed E-state index contributed by atoms with van der Waals surface area (Å²) in [4.78, 5) is 0. The van der Waals surface area contributed by atoms with Gasteiger partial charge in [-0.2, -0.15) is 0 Å². The molecule has 0 aliphatic heterocycles. The fourth-order valence-corrected chi connectivity index (χ4v) is 1.69. The number of hydrogen-bond donors (Lipinski definition) is 0. The van der Waals surface area contributed by atoms with Crippen LogP contribution in [-0.4, -0.2) is 0 Å². The van der Waals surface area contributed by atoms with Crippen LogP contribution in [0.15, 0.2) is 0 Å². The normalized spacial score (nSPS) is 9.69. The third kappa shape index (κ3) is 2.02. The summed E-state index contributed by atoms with van der Waals surface area (Å²) in [5.74, 6) is 0. The molecule has 0 aliphatic rings. The predicted octanol–water partition coefficient (Wildman–Crippen LogP) is 3.00. The Morgan fingerprint density at radius 3 is 0.538 bits per heavy atom. The summed E-state index contributed by atoms with van der Waals surface area (Å²) in [6.45, 7) is 13.3. The second kappa shape index (κ2) is 4.38. The third-order valence-electron chi connectivity index (χ3n) is 3.38. The molecule has 0 saturated heterocycles. The molecule has 13 heavy (non-hydrogen) atoms. The first-order valence-electron chi connectivity index (χ1n) is 4.50. The number of benzene rings is 1. The van der Waals surface area contributed by atoms with E-state index in [1.54, 1.807) is 0 Å². The van der Waals surface area contributed by atoms with Crippen molar-refractivity contribution in [1.82, 2.24) is 0 Å². The molecule has 1 aromatic carbocycles. The Bertz CT molecular complexity index is 219. The van der Waals surface area contributed by atoms with Gasteiger partial charge in [0.25, 0.3) is 0 Å². The molecule has 0 aromatic heterocycles. The molecule has 0 nitrogen and oxygen atoms in total. The minimum atomic E-state index is 0. The summed E-state index contributed by atoms with van der Waals surface area (Å²) in [6.07, 6.45) is 0. The van der Waals surface area contributed by atoms with Gasteiger partial charge in [-0.05, 0) is 74.9 Å². The van der Waals surface area contributed by atoms with Gasteiger partial charge in [-0.1, -0.05) is 0 Å². The molecule has 0 spiro atoms. The predicted molar refractivity (Wildman–Crippen MR) is 57.7 cm³/mol. The van der Waals surface area contributed by atoms with Crippen LogP contribution < -0.4 is 0 Å². The third-order valence-corrected chi connectivity index (χ3v) is 3.38. The van der Waals surface area contributed by atoms with Crippen molar-refractivity contribution < 1.29 is 19.8 Å². The van der Waals surface area contributed by atoms with Gasteiger partial charge >= 0.3 is 19.8 Å². The van der Waals surface area contributed by atoms with Gasteiger partial charge in [0.15, 0.2) is 0 Å². The van der Waals surface area contributed by atoms with E-state index < -0.39 is 0 Å². The number of rotatable bonds is 0. The Morgan fingerprint density at radius 1 is 0.385 bits per heavy atom. The van der Waals surface area contributed by atoms with Gasteiger partial charge in [0.2, 0.25) is 0 Å². The van der Waals surface area contributed by atoms with E-state index in [1.165, 1.54) is 33.4 Å². The minimum absolute atomic E-state index is 0. The van der Waals surface area contributed by atoms with E-state index in [9.17, 15) is 0 Å². The Balaban J connectivity index is 0.00000144. The van der Waals surface area contributed by atoms with Crippen molar-refractivity contribution in [1.29, 1.82) is 0 Å². The van der Waals surface area contributed by atoms with Gasteiger partial charge in [0.05, 0.1) is 0 Å². The molecule has 1 aromatic rings. The van der Waals surface area contributed by atoms with Crippen LogP contribution in [-0.2, 0) is 19.8 Å². The zero-order chi connectivity index (χ0) is 9.46.